The van der Waals surface area contributed by atoms with E-state index in [4.69, 9.17) is 0 Å². The lowest BCUT2D eigenvalue weighted by Crippen LogP contribution is -2.24. The van der Waals surface area contributed by atoms with Gasteiger partial charge in [0, 0.05) is 29.8 Å². The van der Waals surface area contributed by atoms with Crippen LogP contribution in [0.1, 0.15) is 11.1 Å². The van der Waals surface area contributed by atoms with Crippen LogP contribution in [0.5, 0.6) is 0 Å². The zero-order valence-electron chi connectivity index (χ0n) is 12.1. The Bertz CT molecular complexity index is 520. The number of hydrogen-bond acceptors (Lipinski definition) is 2. The summed E-state index contributed by atoms with van der Waals surface area (Å²) in [6, 6.07) is 17.0. The first kappa shape index (κ1) is 15.1. The summed E-state index contributed by atoms with van der Waals surface area (Å²) in [4.78, 5) is 2.32. The van der Waals surface area contributed by atoms with Gasteiger partial charge < -0.3 is 10.2 Å². The van der Waals surface area contributed by atoms with Crippen molar-refractivity contribution in [1.29, 1.82) is 0 Å². The summed E-state index contributed by atoms with van der Waals surface area (Å²) in [6.45, 7) is 5.05. The highest BCUT2D eigenvalue weighted by atomic mass is 79.9. The van der Waals surface area contributed by atoms with Crippen LogP contribution < -0.4 is 5.32 Å². The van der Waals surface area contributed by atoms with E-state index in [2.05, 4.69) is 88.6 Å². The number of aryl methyl sites for hydroxylation is 1. The fraction of sp³-hybridized carbons (Fsp3) is 0.294. The standard InChI is InChI=1S/C17H21BrN2/c1-14-3-9-17(10-4-14)19-11-12-20(2)13-15-5-7-16(18)8-6-15/h3-10,19H,11-13H2,1-2H3. The molecule has 106 valence electrons. The first-order valence-electron chi connectivity index (χ1n) is 6.87. The van der Waals surface area contributed by atoms with E-state index < -0.39 is 0 Å². The molecule has 3 heteroatoms. The molecule has 0 heterocycles. The van der Waals surface area contributed by atoms with Crippen LogP contribution in [0.3, 0.4) is 0 Å². The van der Waals surface area contributed by atoms with Gasteiger partial charge in [0.05, 0.1) is 0 Å². The van der Waals surface area contributed by atoms with Crippen molar-refractivity contribution in [2.45, 2.75) is 13.5 Å². The van der Waals surface area contributed by atoms with Gasteiger partial charge in [-0.2, -0.15) is 0 Å². The Morgan fingerprint density at radius 2 is 1.65 bits per heavy atom. The third kappa shape index (κ3) is 4.99. The molecule has 2 nitrogen and oxygen atoms in total. The van der Waals surface area contributed by atoms with Crippen molar-refractivity contribution < 1.29 is 0 Å². The molecule has 0 spiro atoms. The number of nitrogens with zero attached hydrogens (tertiary/aromatic N) is 1. The van der Waals surface area contributed by atoms with Crippen molar-refractivity contribution >= 4 is 21.6 Å². The molecule has 0 aliphatic carbocycles. The van der Waals surface area contributed by atoms with Gasteiger partial charge in [0.25, 0.3) is 0 Å². The van der Waals surface area contributed by atoms with Gasteiger partial charge in [-0.1, -0.05) is 45.8 Å². The summed E-state index contributed by atoms with van der Waals surface area (Å²) in [7, 11) is 2.15. The van der Waals surface area contributed by atoms with E-state index in [1.54, 1.807) is 0 Å². The molecule has 0 saturated carbocycles. The molecule has 0 aromatic heterocycles. The van der Waals surface area contributed by atoms with Gasteiger partial charge >= 0.3 is 0 Å². The second-order valence-electron chi connectivity index (χ2n) is 5.16. The Morgan fingerprint density at radius 1 is 1.00 bits per heavy atom. The molecule has 0 saturated heterocycles. The van der Waals surface area contributed by atoms with Crippen LogP contribution in [0.2, 0.25) is 0 Å². The molecular formula is C17H21BrN2. The Labute approximate surface area is 129 Å². The van der Waals surface area contributed by atoms with Crippen LogP contribution in [0.25, 0.3) is 0 Å². The maximum absolute atomic E-state index is 3.46. The summed E-state index contributed by atoms with van der Waals surface area (Å²) in [5, 5.41) is 3.45. The molecule has 0 atom stereocenters. The first-order valence-corrected chi connectivity index (χ1v) is 7.66. The molecule has 0 fully saturated rings. The van der Waals surface area contributed by atoms with Crippen LogP contribution >= 0.6 is 15.9 Å². The van der Waals surface area contributed by atoms with Crippen LogP contribution in [0, 0.1) is 6.92 Å². The maximum Gasteiger partial charge on any atom is 0.0340 e. The fourth-order valence-corrected chi connectivity index (χ4v) is 2.31. The SMILES string of the molecule is Cc1ccc(NCCN(C)Cc2ccc(Br)cc2)cc1. The van der Waals surface area contributed by atoms with Crippen molar-refractivity contribution in [3.63, 3.8) is 0 Å². The van der Waals surface area contributed by atoms with Crippen LogP contribution in [-0.2, 0) is 6.54 Å². The average molecular weight is 333 g/mol. The predicted octanol–water partition coefficient (Wildman–Crippen LogP) is 4.30. The highest BCUT2D eigenvalue weighted by Gasteiger charge is 2.00. The van der Waals surface area contributed by atoms with Gasteiger partial charge in [-0.3, -0.25) is 0 Å². The lowest BCUT2D eigenvalue weighted by molar-refractivity contribution is 0.340. The highest BCUT2D eigenvalue weighted by molar-refractivity contribution is 9.10. The van der Waals surface area contributed by atoms with Crippen molar-refractivity contribution in [1.82, 2.24) is 4.90 Å². The molecule has 1 N–H and O–H groups in total. The van der Waals surface area contributed by atoms with E-state index in [-0.39, 0.29) is 0 Å². The minimum absolute atomic E-state index is 0.954. The summed E-state index contributed by atoms with van der Waals surface area (Å²) in [6.07, 6.45) is 0. The Balaban J connectivity index is 1.73. The molecule has 0 aliphatic rings. The topological polar surface area (TPSA) is 15.3 Å². The number of hydrogen-bond donors (Lipinski definition) is 1. The third-order valence-electron chi connectivity index (χ3n) is 3.24. The van der Waals surface area contributed by atoms with E-state index >= 15 is 0 Å². The second kappa shape index (κ2) is 7.46. The Kier molecular flexibility index (Phi) is 5.62. The van der Waals surface area contributed by atoms with E-state index in [9.17, 15) is 0 Å². The second-order valence-corrected chi connectivity index (χ2v) is 6.07. The molecule has 2 aromatic carbocycles. The predicted molar refractivity (Wildman–Crippen MR) is 90.1 cm³/mol. The van der Waals surface area contributed by atoms with E-state index in [0.29, 0.717) is 0 Å². The number of anilines is 1. The maximum atomic E-state index is 3.46. The van der Waals surface area contributed by atoms with Gasteiger partial charge in [-0.15, -0.1) is 0 Å². The lowest BCUT2D eigenvalue weighted by Gasteiger charge is -2.17. The van der Waals surface area contributed by atoms with Gasteiger partial charge in [-0.25, -0.2) is 0 Å². The van der Waals surface area contributed by atoms with E-state index in [1.165, 1.54) is 16.8 Å². The number of benzene rings is 2. The molecule has 0 radical (unpaired) electrons. The van der Waals surface area contributed by atoms with Crippen LogP contribution in [0.4, 0.5) is 5.69 Å². The molecule has 20 heavy (non-hydrogen) atoms. The molecule has 0 aliphatic heterocycles. The number of nitrogens with one attached hydrogen (secondary N) is 1. The van der Waals surface area contributed by atoms with Crippen LogP contribution in [-0.4, -0.2) is 25.0 Å². The zero-order chi connectivity index (χ0) is 14.4. The van der Waals surface area contributed by atoms with Crippen molar-refractivity contribution in [3.05, 3.63) is 64.1 Å². The van der Waals surface area contributed by atoms with Gasteiger partial charge in [0.1, 0.15) is 0 Å². The summed E-state index contributed by atoms with van der Waals surface area (Å²) >= 11 is 3.46. The molecule has 0 bridgehead atoms. The van der Waals surface area contributed by atoms with Crippen LogP contribution in [0.15, 0.2) is 53.0 Å². The first-order chi connectivity index (χ1) is 9.63. The molecular weight excluding hydrogens is 312 g/mol. The summed E-state index contributed by atoms with van der Waals surface area (Å²) in [5.41, 5.74) is 3.82. The largest absolute Gasteiger partial charge is 0.384 e. The normalized spacial score (nSPS) is 10.8. The third-order valence-corrected chi connectivity index (χ3v) is 3.77. The molecule has 0 amide bonds. The minimum Gasteiger partial charge on any atom is -0.384 e. The minimum atomic E-state index is 0.954. The van der Waals surface area contributed by atoms with Crippen molar-refractivity contribution in [2.75, 3.05) is 25.5 Å². The monoisotopic (exact) mass is 332 g/mol. The van der Waals surface area contributed by atoms with E-state index in [0.717, 1.165) is 24.1 Å². The Morgan fingerprint density at radius 3 is 2.30 bits per heavy atom. The summed E-state index contributed by atoms with van der Waals surface area (Å²) in [5.74, 6) is 0. The molecule has 2 aromatic rings. The van der Waals surface area contributed by atoms with Crippen molar-refractivity contribution in [3.8, 4) is 0 Å². The number of rotatable bonds is 6. The van der Waals surface area contributed by atoms with Gasteiger partial charge in [0.2, 0.25) is 0 Å². The molecule has 2 rings (SSSR count). The number of likely N-dealkylation sites (N-methyl/N-ethyl adjacent to an activating group) is 1. The average Bonchev–Trinajstić information content (AvgIpc) is 2.44. The van der Waals surface area contributed by atoms with Gasteiger partial charge in [-0.05, 0) is 43.8 Å². The number of halogens is 1. The Hall–Kier alpha value is -1.32. The zero-order valence-corrected chi connectivity index (χ0v) is 13.7. The lowest BCUT2D eigenvalue weighted by atomic mass is 10.2. The van der Waals surface area contributed by atoms with Crippen molar-refractivity contribution in [2.24, 2.45) is 0 Å². The highest BCUT2D eigenvalue weighted by Crippen LogP contribution is 2.12. The van der Waals surface area contributed by atoms with E-state index in [1.807, 2.05) is 0 Å². The fourth-order valence-electron chi connectivity index (χ4n) is 2.04. The molecule has 0 unspecified atom stereocenters. The summed E-state index contributed by atoms with van der Waals surface area (Å²) < 4.78 is 1.13. The van der Waals surface area contributed by atoms with Gasteiger partial charge in [0.15, 0.2) is 0 Å². The smallest absolute Gasteiger partial charge is 0.0340 e. The quantitative estimate of drug-likeness (QED) is 0.848.